The van der Waals surface area contributed by atoms with Gasteiger partial charge >= 0.3 is 0 Å². The third-order valence-electron chi connectivity index (χ3n) is 3.70. The molecule has 1 aliphatic rings. The first kappa shape index (κ1) is 18.0. The number of hydrogen-bond donors (Lipinski definition) is 0. The molecule has 0 bridgehead atoms. The molecule has 2 aromatic carbocycles. The Morgan fingerprint density at radius 2 is 1.81 bits per heavy atom. The van der Waals surface area contributed by atoms with Crippen LogP contribution in [-0.2, 0) is 11.3 Å². The van der Waals surface area contributed by atoms with Gasteiger partial charge in [-0.1, -0.05) is 66.5 Å². The van der Waals surface area contributed by atoms with Crippen molar-refractivity contribution in [2.24, 2.45) is 0 Å². The average Bonchev–Trinajstić information content (AvgIpc) is 2.91. The highest BCUT2D eigenvalue weighted by molar-refractivity contribution is 8.26. The van der Waals surface area contributed by atoms with Crippen LogP contribution in [0.15, 0.2) is 71.7 Å². The van der Waals surface area contributed by atoms with Gasteiger partial charge in [-0.25, -0.2) is 0 Å². The third-order valence-corrected chi connectivity index (χ3v) is 5.09. The number of hydrogen-bond acceptors (Lipinski definition) is 5. The topological polar surface area (TPSA) is 63.4 Å². The van der Waals surface area contributed by atoms with Crippen LogP contribution < -0.4 is 0 Å². The Bertz CT molecular complexity index is 906. The van der Waals surface area contributed by atoms with Crippen LogP contribution in [0.3, 0.4) is 0 Å². The molecule has 0 N–H and O–H groups in total. The molecule has 0 spiro atoms. The van der Waals surface area contributed by atoms with E-state index in [2.05, 4.69) is 0 Å². The molecule has 1 saturated heterocycles. The molecular formula is C19H14N2O3S2. The van der Waals surface area contributed by atoms with Crippen molar-refractivity contribution >= 4 is 46.0 Å². The maximum Gasteiger partial charge on any atom is 0.269 e. The molecule has 0 saturated carbocycles. The molecule has 130 valence electrons. The molecule has 0 radical (unpaired) electrons. The molecule has 2 aromatic rings. The number of allylic oxidation sites excluding steroid dienone is 2. The number of benzene rings is 2. The minimum atomic E-state index is -0.439. The zero-order valence-electron chi connectivity index (χ0n) is 13.6. The molecule has 1 fully saturated rings. The number of thiocarbonyl (C=S) groups is 1. The van der Waals surface area contributed by atoms with E-state index < -0.39 is 4.92 Å². The molecule has 0 aromatic heterocycles. The van der Waals surface area contributed by atoms with Crippen molar-refractivity contribution in [1.29, 1.82) is 0 Å². The molecular weight excluding hydrogens is 368 g/mol. The van der Waals surface area contributed by atoms with Crippen LogP contribution in [0, 0.1) is 10.1 Å². The summed E-state index contributed by atoms with van der Waals surface area (Å²) in [6, 6.07) is 15.9. The Morgan fingerprint density at radius 1 is 1.12 bits per heavy atom. The number of carbonyl (C=O) groups is 1. The van der Waals surface area contributed by atoms with Crippen LogP contribution in [0.1, 0.15) is 11.1 Å². The van der Waals surface area contributed by atoms with Crippen molar-refractivity contribution < 1.29 is 9.72 Å². The van der Waals surface area contributed by atoms with E-state index in [9.17, 15) is 14.9 Å². The first-order chi connectivity index (χ1) is 12.5. The van der Waals surface area contributed by atoms with Gasteiger partial charge in [0.2, 0.25) is 0 Å². The number of nitro groups is 1. The summed E-state index contributed by atoms with van der Waals surface area (Å²) < 4.78 is 0.536. The summed E-state index contributed by atoms with van der Waals surface area (Å²) in [5.74, 6) is -0.114. The predicted molar refractivity (Wildman–Crippen MR) is 107 cm³/mol. The Kier molecular flexibility index (Phi) is 5.60. The molecule has 0 atom stereocenters. The molecule has 0 aliphatic carbocycles. The van der Waals surface area contributed by atoms with Gasteiger partial charge in [-0.15, -0.1) is 0 Å². The Morgan fingerprint density at radius 3 is 2.46 bits per heavy atom. The second kappa shape index (κ2) is 8.07. The summed E-state index contributed by atoms with van der Waals surface area (Å²) in [7, 11) is 0. The second-order valence-corrected chi connectivity index (χ2v) is 7.16. The van der Waals surface area contributed by atoms with Crippen molar-refractivity contribution in [3.63, 3.8) is 0 Å². The summed E-state index contributed by atoms with van der Waals surface area (Å²) in [5, 5.41) is 10.6. The predicted octanol–water partition coefficient (Wildman–Crippen LogP) is 4.55. The lowest BCUT2D eigenvalue weighted by molar-refractivity contribution is -0.384. The molecule has 3 rings (SSSR count). The van der Waals surface area contributed by atoms with Crippen LogP contribution in [0.4, 0.5) is 5.69 Å². The minimum absolute atomic E-state index is 0.0453. The number of non-ortho nitro benzene ring substituents is 1. The number of nitrogens with zero attached hydrogens (tertiary/aromatic N) is 2. The summed E-state index contributed by atoms with van der Waals surface area (Å²) in [4.78, 5) is 24.9. The van der Waals surface area contributed by atoms with Gasteiger partial charge in [-0.3, -0.25) is 19.8 Å². The van der Waals surface area contributed by atoms with E-state index in [-0.39, 0.29) is 11.6 Å². The number of amides is 1. The monoisotopic (exact) mass is 382 g/mol. The van der Waals surface area contributed by atoms with Crippen molar-refractivity contribution in [3.05, 3.63) is 92.9 Å². The van der Waals surface area contributed by atoms with Gasteiger partial charge in [0.05, 0.1) is 16.4 Å². The van der Waals surface area contributed by atoms with Crippen molar-refractivity contribution in [3.8, 4) is 0 Å². The second-order valence-electron chi connectivity index (χ2n) is 5.48. The highest BCUT2D eigenvalue weighted by Crippen LogP contribution is 2.32. The van der Waals surface area contributed by atoms with E-state index in [1.165, 1.54) is 23.9 Å². The number of carbonyl (C=O) groups excluding carboxylic acids is 1. The SMILES string of the molecule is O=C1/C(=C\C=C\c2ccc([N+](=O)[O-])cc2)SC(=S)N1Cc1ccccc1. The largest absolute Gasteiger partial charge is 0.288 e. The van der Waals surface area contributed by atoms with Gasteiger partial charge in [0.25, 0.3) is 11.6 Å². The lowest BCUT2D eigenvalue weighted by Crippen LogP contribution is -2.27. The molecule has 0 unspecified atom stereocenters. The number of nitro benzene ring substituents is 1. The third kappa shape index (κ3) is 4.25. The van der Waals surface area contributed by atoms with E-state index in [4.69, 9.17) is 12.2 Å². The first-order valence-electron chi connectivity index (χ1n) is 7.75. The summed E-state index contributed by atoms with van der Waals surface area (Å²) in [5.41, 5.74) is 1.88. The van der Waals surface area contributed by atoms with Crippen LogP contribution in [0.2, 0.25) is 0 Å². The smallest absolute Gasteiger partial charge is 0.269 e. The number of rotatable bonds is 5. The fourth-order valence-corrected chi connectivity index (χ4v) is 3.58. The summed E-state index contributed by atoms with van der Waals surface area (Å²) in [6.07, 6.45) is 5.25. The molecule has 7 heteroatoms. The Labute approximate surface area is 160 Å². The van der Waals surface area contributed by atoms with Crippen molar-refractivity contribution in [1.82, 2.24) is 4.90 Å². The summed E-state index contributed by atoms with van der Waals surface area (Å²) >= 11 is 6.59. The normalized spacial score (nSPS) is 16.0. The molecule has 1 aliphatic heterocycles. The maximum absolute atomic E-state index is 12.5. The van der Waals surface area contributed by atoms with Gasteiger partial charge in [-0.05, 0) is 29.3 Å². The lowest BCUT2D eigenvalue weighted by atomic mass is 10.2. The quantitative estimate of drug-likeness (QED) is 0.328. The zero-order chi connectivity index (χ0) is 18.5. The summed E-state index contributed by atoms with van der Waals surface area (Å²) in [6.45, 7) is 0.453. The Hall–Kier alpha value is -2.77. The van der Waals surface area contributed by atoms with Crippen LogP contribution in [0.5, 0.6) is 0 Å². The highest BCUT2D eigenvalue weighted by atomic mass is 32.2. The van der Waals surface area contributed by atoms with Crippen LogP contribution >= 0.6 is 24.0 Å². The van der Waals surface area contributed by atoms with E-state index >= 15 is 0 Å². The standard InChI is InChI=1S/C19H14N2O3S2/c22-18-17(8-4-7-14-9-11-16(12-10-14)21(23)24)26-19(25)20(18)13-15-5-2-1-3-6-15/h1-12H,13H2/b7-4+,17-8+. The average molecular weight is 382 g/mol. The van der Waals surface area contributed by atoms with Gasteiger partial charge < -0.3 is 0 Å². The maximum atomic E-state index is 12.5. The van der Waals surface area contributed by atoms with E-state index in [1.807, 2.05) is 30.3 Å². The van der Waals surface area contributed by atoms with Crippen LogP contribution in [-0.4, -0.2) is 20.1 Å². The molecule has 1 heterocycles. The first-order valence-corrected chi connectivity index (χ1v) is 8.97. The lowest BCUT2D eigenvalue weighted by Gasteiger charge is -2.14. The fraction of sp³-hybridized carbons (Fsp3) is 0.0526. The molecule has 26 heavy (non-hydrogen) atoms. The van der Waals surface area contributed by atoms with Crippen molar-refractivity contribution in [2.45, 2.75) is 6.54 Å². The van der Waals surface area contributed by atoms with E-state index in [0.29, 0.717) is 15.8 Å². The molecule has 5 nitrogen and oxygen atoms in total. The fourth-order valence-electron chi connectivity index (χ4n) is 2.37. The highest BCUT2D eigenvalue weighted by Gasteiger charge is 2.31. The molecule has 1 amide bonds. The van der Waals surface area contributed by atoms with Gasteiger partial charge in [-0.2, -0.15) is 0 Å². The zero-order valence-corrected chi connectivity index (χ0v) is 15.2. The number of thioether (sulfide) groups is 1. The van der Waals surface area contributed by atoms with Crippen molar-refractivity contribution in [2.75, 3.05) is 0 Å². The van der Waals surface area contributed by atoms with Gasteiger partial charge in [0.15, 0.2) is 0 Å². The van der Waals surface area contributed by atoms with E-state index in [0.717, 1.165) is 11.1 Å². The Balaban J connectivity index is 1.68. The minimum Gasteiger partial charge on any atom is -0.288 e. The van der Waals surface area contributed by atoms with Crippen LogP contribution in [0.25, 0.3) is 6.08 Å². The van der Waals surface area contributed by atoms with Gasteiger partial charge in [0.1, 0.15) is 4.32 Å². The van der Waals surface area contributed by atoms with Gasteiger partial charge in [0, 0.05) is 12.1 Å². The van der Waals surface area contributed by atoms with E-state index in [1.54, 1.807) is 35.3 Å².